The minimum absolute atomic E-state index is 0.515. The minimum atomic E-state index is 0.515. The largest absolute Gasteiger partial charge is 0.481 e. The van der Waals surface area contributed by atoms with Gasteiger partial charge in [-0.3, -0.25) is 0 Å². The van der Waals surface area contributed by atoms with Crippen molar-refractivity contribution in [3.63, 3.8) is 0 Å². The number of methoxy groups -OCH3 is 2. The highest BCUT2D eigenvalue weighted by Gasteiger charge is 2.12. The van der Waals surface area contributed by atoms with E-state index >= 15 is 0 Å². The van der Waals surface area contributed by atoms with E-state index in [0.717, 1.165) is 11.1 Å². The molecule has 0 bridgehead atoms. The Hall–Kier alpha value is -2.08. The lowest BCUT2D eigenvalue weighted by Crippen LogP contribution is -2.14. The third-order valence-electron chi connectivity index (χ3n) is 2.46. The van der Waals surface area contributed by atoms with Crippen molar-refractivity contribution in [2.75, 3.05) is 14.2 Å². The van der Waals surface area contributed by atoms with Gasteiger partial charge >= 0.3 is 0 Å². The molecular formula is C12H15N3O3. The van der Waals surface area contributed by atoms with Gasteiger partial charge in [0.15, 0.2) is 0 Å². The number of ether oxygens (including phenoxy) is 2. The van der Waals surface area contributed by atoms with Crippen molar-refractivity contribution < 1.29 is 13.9 Å². The standard InChI is InChI=1S/C12H15N3O3/c1-16-11-10(12(17-2)15-8-14-11)6-13-5-9-3-4-18-7-9/h3-4,7-8,13H,5-6H2,1-2H3. The number of hydrogen-bond acceptors (Lipinski definition) is 6. The molecule has 0 aromatic carbocycles. The molecule has 1 N–H and O–H groups in total. The van der Waals surface area contributed by atoms with Crippen LogP contribution in [0.5, 0.6) is 11.8 Å². The molecule has 96 valence electrons. The number of aromatic nitrogens is 2. The van der Waals surface area contributed by atoms with Crippen LogP contribution in [0.1, 0.15) is 11.1 Å². The van der Waals surface area contributed by atoms with Gasteiger partial charge in [-0.25, -0.2) is 9.97 Å². The molecule has 0 amide bonds. The van der Waals surface area contributed by atoms with E-state index in [1.165, 1.54) is 6.33 Å². The summed E-state index contributed by atoms with van der Waals surface area (Å²) in [5.41, 5.74) is 1.87. The van der Waals surface area contributed by atoms with Crippen LogP contribution in [0.15, 0.2) is 29.3 Å². The maximum absolute atomic E-state index is 5.19. The van der Waals surface area contributed by atoms with Gasteiger partial charge in [0, 0.05) is 18.7 Å². The van der Waals surface area contributed by atoms with Crippen LogP contribution >= 0.6 is 0 Å². The average Bonchev–Trinajstić information content (AvgIpc) is 2.92. The third-order valence-corrected chi connectivity index (χ3v) is 2.46. The second-order valence-electron chi connectivity index (χ2n) is 3.61. The predicted molar refractivity (Wildman–Crippen MR) is 64.4 cm³/mol. The third kappa shape index (κ3) is 2.78. The van der Waals surface area contributed by atoms with Gasteiger partial charge < -0.3 is 19.2 Å². The van der Waals surface area contributed by atoms with Crippen LogP contribution in [-0.4, -0.2) is 24.2 Å². The van der Waals surface area contributed by atoms with Gasteiger partial charge in [-0.05, 0) is 6.07 Å². The molecule has 0 fully saturated rings. The van der Waals surface area contributed by atoms with Gasteiger partial charge in [0.1, 0.15) is 6.33 Å². The lowest BCUT2D eigenvalue weighted by Gasteiger charge is -2.11. The zero-order valence-corrected chi connectivity index (χ0v) is 10.3. The van der Waals surface area contributed by atoms with Crippen LogP contribution in [0.25, 0.3) is 0 Å². The minimum Gasteiger partial charge on any atom is -0.481 e. The quantitative estimate of drug-likeness (QED) is 0.834. The Morgan fingerprint density at radius 3 is 2.44 bits per heavy atom. The molecule has 0 aliphatic heterocycles. The Balaban J connectivity index is 2.03. The van der Waals surface area contributed by atoms with Gasteiger partial charge in [-0.1, -0.05) is 0 Å². The molecule has 0 saturated carbocycles. The Kier molecular flexibility index (Phi) is 4.14. The molecule has 0 radical (unpaired) electrons. The summed E-state index contributed by atoms with van der Waals surface area (Å²) in [6, 6.07) is 1.91. The maximum Gasteiger partial charge on any atom is 0.224 e. The average molecular weight is 249 g/mol. The normalized spacial score (nSPS) is 10.3. The smallest absolute Gasteiger partial charge is 0.224 e. The van der Waals surface area contributed by atoms with Gasteiger partial charge in [-0.15, -0.1) is 0 Å². The Bertz CT molecular complexity index is 463. The molecular weight excluding hydrogens is 234 g/mol. The van der Waals surface area contributed by atoms with Crippen LogP contribution in [0, 0.1) is 0 Å². The molecule has 0 spiro atoms. The first-order valence-corrected chi connectivity index (χ1v) is 5.48. The first-order chi connectivity index (χ1) is 8.85. The van der Waals surface area contributed by atoms with Crippen molar-refractivity contribution in [1.29, 1.82) is 0 Å². The highest BCUT2D eigenvalue weighted by molar-refractivity contribution is 5.34. The Labute approximate surface area is 105 Å². The molecule has 0 saturated heterocycles. The predicted octanol–water partition coefficient (Wildman–Crippen LogP) is 1.38. The molecule has 2 heterocycles. The van der Waals surface area contributed by atoms with E-state index in [2.05, 4.69) is 15.3 Å². The summed E-state index contributed by atoms with van der Waals surface area (Å²) in [6.07, 6.45) is 4.75. The first kappa shape index (κ1) is 12.4. The molecule has 18 heavy (non-hydrogen) atoms. The Morgan fingerprint density at radius 1 is 1.17 bits per heavy atom. The Morgan fingerprint density at radius 2 is 1.89 bits per heavy atom. The van der Waals surface area contributed by atoms with E-state index in [1.54, 1.807) is 26.7 Å². The molecule has 0 aliphatic rings. The van der Waals surface area contributed by atoms with Crippen LogP contribution < -0.4 is 14.8 Å². The first-order valence-electron chi connectivity index (χ1n) is 5.48. The summed E-state index contributed by atoms with van der Waals surface area (Å²) in [7, 11) is 3.14. The van der Waals surface area contributed by atoms with E-state index in [-0.39, 0.29) is 0 Å². The molecule has 2 aromatic rings. The summed E-state index contributed by atoms with van der Waals surface area (Å²) < 4.78 is 15.4. The van der Waals surface area contributed by atoms with E-state index in [9.17, 15) is 0 Å². The van der Waals surface area contributed by atoms with Crippen LogP contribution in [0.2, 0.25) is 0 Å². The number of rotatable bonds is 6. The van der Waals surface area contributed by atoms with Gasteiger partial charge in [0.05, 0.1) is 32.3 Å². The maximum atomic E-state index is 5.19. The zero-order valence-electron chi connectivity index (χ0n) is 10.3. The number of nitrogens with zero attached hydrogens (tertiary/aromatic N) is 2. The highest BCUT2D eigenvalue weighted by Crippen LogP contribution is 2.22. The second-order valence-corrected chi connectivity index (χ2v) is 3.61. The topological polar surface area (TPSA) is 69.4 Å². The summed E-state index contributed by atoms with van der Waals surface area (Å²) in [5.74, 6) is 1.03. The highest BCUT2D eigenvalue weighted by atomic mass is 16.5. The van der Waals surface area contributed by atoms with Crippen molar-refractivity contribution in [3.05, 3.63) is 36.0 Å². The van der Waals surface area contributed by atoms with Crippen LogP contribution in [0.3, 0.4) is 0 Å². The monoisotopic (exact) mass is 249 g/mol. The molecule has 6 nitrogen and oxygen atoms in total. The second kappa shape index (κ2) is 6.02. The molecule has 0 aliphatic carbocycles. The number of nitrogens with one attached hydrogen (secondary N) is 1. The van der Waals surface area contributed by atoms with E-state index < -0.39 is 0 Å². The molecule has 2 aromatic heterocycles. The SMILES string of the molecule is COc1ncnc(OC)c1CNCc1ccoc1. The summed E-state index contributed by atoms with van der Waals surface area (Å²) >= 11 is 0. The molecule has 2 rings (SSSR count). The zero-order chi connectivity index (χ0) is 12.8. The lowest BCUT2D eigenvalue weighted by atomic mass is 10.3. The number of hydrogen-bond donors (Lipinski definition) is 1. The van der Waals surface area contributed by atoms with Crippen molar-refractivity contribution in [3.8, 4) is 11.8 Å². The van der Waals surface area contributed by atoms with Crippen molar-refractivity contribution in [2.45, 2.75) is 13.1 Å². The lowest BCUT2D eigenvalue weighted by molar-refractivity contribution is 0.359. The summed E-state index contributed by atoms with van der Waals surface area (Å²) in [5, 5.41) is 3.25. The molecule has 0 unspecified atom stereocenters. The van der Waals surface area contributed by atoms with Crippen LogP contribution in [-0.2, 0) is 13.1 Å². The fraction of sp³-hybridized carbons (Fsp3) is 0.333. The number of furan rings is 1. The molecule has 0 atom stereocenters. The van der Waals surface area contributed by atoms with Crippen LogP contribution in [0.4, 0.5) is 0 Å². The fourth-order valence-electron chi connectivity index (χ4n) is 1.61. The van der Waals surface area contributed by atoms with Crippen molar-refractivity contribution in [2.24, 2.45) is 0 Å². The van der Waals surface area contributed by atoms with Gasteiger partial charge in [0.2, 0.25) is 11.8 Å². The van der Waals surface area contributed by atoms with Crippen molar-refractivity contribution in [1.82, 2.24) is 15.3 Å². The van der Waals surface area contributed by atoms with E-state index in [4.69, 9.17) is 13.9 Å². The summed E-state index contributed by atoms with van der Waals surface area (Å²) in [4.78, 5) is 8.10. The van der Waals surface area contributed by atoms with E-state index in [1.807, 2.05) is 6.07 Å². The summed E-state index contributed by atoms with van der Waals surface area (Å²) in [6.45, 7) is 1.25. The van der Waals surface area contributed by atoms with Crippen molar-refractivity contribution >= 4 is 0 Å². The fourth-order valence-corrected chi connectivity index (χ4v) is 1.61. The van der Waals surface area contributed by atoms with Gasteiger partial charge in [0.25, 0.3) is 0 Å². The molecule has 6 heteroatoms. The van der Waals surface area contributed by atoms with E-state index in [0.29, 0.717) is 24.8 Å². The van der Waals surface area contributed by atoms with Gasteiger partial charge in [-0.2, -0.15) is 0 Å².